The minimum atomic E-state index is -1.47. The lowest BCUT2D eigenvalue weighted by atomic mass is 9.55. The normalized spacial score (nSPS) is 22.1. The van der Waals surface area contributed by atoms with E-state index in [1.165, 1.54) is 0 Å². The number of fused-ring (bicyclic) bond motifs is 3. The van der Waals surface area contributed by atoms with Crippen LogP contribution in [0.2, 0.25) is 0 Å². The van der Waals surface area contributed by atoms with Gasteiger partial charge in [0.05, 0.1) is 38.0 Å². The maximum Gasteiger partial charge on any atom is 0.410 e. The van der Waals surface area contributed by atoms with Crippen molar-refractivity contribution in [3.63, 3.8) is 0 Å². The highest BCUT2D eigenvalue weighted by atomic mass is 32.2. The van der Waals surface area contributed by atoms with Crippen LogP contribution in [0.25, 0.3) is 10.8 Å². The molecular formula is C56H64N2O9S. The number of ether oxygens (including phenoxy) is 5. The van der Waals surface area contributed by atoms with Crippen LogP contribution < -0.4 is 9.47 Å². The Morgan fingerprint density at radius 3 is 2.41 bits per heavy atom. The predicted molar refractivity (Wildman–Crippen MR) is 267 cm³/mol. The van der Waals surface area contributed by atoms with E-state index in [9.17, 15) is 10.2 Å². The summed E-state index contributed by atoms with van der Waals surface area (Å²) in [6.45, 7) is 5.20. The van der Waals surface area contributed by atoms with Gasteiger partial charge in [-0.3, -0.25) is 4.90 Å². The lowest BCUT2D eigenvalue weighted by molar-refractivity contribution is -0.256. The molecule has 5 aromatic rings. The molecule has 1 fully saturated rings. The van der Waals surface area contributed by atoms with Crippen LogP contribution in [0.4, 0.5) is 4.79 Å². The second kappa shape index (κ2) is 23.6. The fourth-order valence-corrected chi connectivity index (χ4v) is 11.0. The van der Waals surface area contributed by atoms with Gasteiger partial charge in [-0.05, 0) is 114 Å². The largest absolute Gasteiger partial charge is 0.459 e. The minimum Gasteiger partial charge on any atom is -0.459 e. The SMILES string of the molecule is C=CCO[C@@]12Oc3ccc(Oc4ccc(SC)cc4)cc3[C@H]3[C@H](CCCCO)[C@@H](CCCCO)C=C(C(=NOC)C[C@@H]1N(Cc1cccc4ccccc14)C(=O)OCCOCc1ccccc1)[C@H]32. The van der Waals surface area contributed by atoms with Gasteiger partial charge in [0.1, 0.15) is 37.0 Å². The number of carbonyl (C=O) groups excluding carboxylic acids is 1. The molecule has 358 valence electrons. The molecule has 5 aromatic carbocycles. The number of carbonyl (C=O) groups is 1. The molecular weight excluding hydrogens is 877 g/mol. The number of oxime groups is 1. The summed E-state index contributed by atoms with van der Waals surface area (Å²) in [6.07, 6.45) is 10.4. The molecule has 0 bridgehead atoms. The van der Waals surface area contributed by atoms with Crippen LogP contribution in [0.1, 0.15) is 67.6 Å². The summed E-state index contributed by atoms with van der Waals surface area (Å²) in [5.74, 6) is -0.0586. The Kier molecular flexibility index (Phi) is 16.9. The zero-order valence-electron chi connectivity index (χ0n) is 39.2. The predicted octanol–water partition coefficient (Wildman–Crippen LogP) is 11.5. The van der Waals surface area contributed by atoms with Gasteiger partial charge in [-0.1, -0.05) is 103 Å². The second-order valence-electron chi connectivity index (χ2n) is 17.7. The van der Waals surface area contributed by atoms with Gasteiger partial charge in [0, 0.05) is 36.0 Å². The van der Waals surface area contributed by atoms with Crippen LogP contribution in [0.3, 0.4) is 0 Å². The van der Waals surface area contributed by atoms with Crippen LogP contribution >= 0.6 is 11.8 Å². The molecule has 2 aliphatic carbocycles. The molecule has 0 radical (unpaired) electrons. The third-order valence-corrected chi connectivity index (χ3v) is 14.3. The lowest BCUT2D eigenvalue weighted by Crippen LogP contribution is -2.70. The number of thioether (sulfide) groups is 1. The molecule has 0 spiro atoms. The maximum absolute atomic E-state index is 15.1. The van der Waals surface area contributed by atoms with E-state index < -0.39 is 23.8 Å². The van der Waals surface area contributed by atoms with Crippen molar-refractivity contribution >= 4 is 34.3 Å². The summed E-state index contributed by atoms with van der Waals surface area (Å²) in [5, 5.41) is 26.8. The molecule has 6 atom stereocenters. The van der Waals surface area contributed by atoms with Crippen molar-refractivity contribution in [1.82, 2.24) is 4.90 Å². The van der Waals surface area contributed by atoms with Gasteiger partial charge in [0.2, 0.25) is 5.79 Å². The van der Waals surface area contributed by atoms with Crippen LogP contribution in [0, 0.1) is 17.8 Å². The quantitative estimate of drug-likeness (QED) is 0.0283. The Balaban J connectivity index is 1.27. The van der Waals surface area contributed by atoms with E-state index in [4.69, 9.17) is 33.7 Å². The third-order valence-electron chi connectivity index (χ3n) is 13.5. The first-order chi connectivity index (χ1) is 33.4. The van der Waals surface area contributed by atoms with Crippen LogP contribution in [-0.2, 0) is 32.2 Å². The minimum absolute atomic E-state index is 0.0239. The van der Waals surface area contributed by atoms with E-state index in [-0.39, 0.29) is 63.8 Å². The molecule has 2 N–H and O–H groups in total. The highest BCUT2D eigenvalue weighted by molar-refractivity contribution is 7.98. The van der Waals surface area contributed by atoms with E-state index in [0.717, 1.165) is 63.6 Å². The Bertz CT molecular complexity index is 2510. The van der Waals surface area contributed by atoms with E-state index >= 15 is 4.79 Å². The maximum atomic E-state index is 15.1. The molecule has 8 rings (SSSR count). The standard InChI is InChI=1S/C56H64N2O9S/c1-4-31-65-56-52(58(37-42-20-14-19-40-17-8-9-21-46(40)42)55(61)64-33-32-63-38-39-15-6-5-7-16-39)36-50(57-62-2)48-34-41(18-10-12-29-59)47(22-11-13-30-60)53(54(48)56)49-35-44(25-28-51(49)67-56)66-43-23-26-45(68-3)27-24-43/h4-9,14-17,19-21,23-28,34-35,41,47,52-54,59-60H,1,10-13,18,22,29-33,36-38H2,2-3H3/t41-,47+,52-,53+,54+,56+/m0/s1. The second-order valence-corrected chi connectivity index (χ2v) is 18.5. The Morgan fingerprint density at radius 2 is 1.65 bits per heavy atom. The van der Waals surface area contributed by atoms with Crippen molar-refractivity contribution in [2.24, 2.45) is 22.9 Å². The number of unbranched alkanes of at least 4 members (excludes halogenated alkanes) is 2. The monoisotopic (exact) mass is 940 g/mol. The Morgan fingerprint density at radius 1 is 0.897 bits per heavy atom. The first-order valence-electron chi connectivity index (χ1n) is 23.9. The highest BCUT2D eigenvalue weighted by Crippen LogP contribution is 2.62. The van der Waals surface area contributed by atoms with Gasteiger partial charge >= 0.3 is 6.09 Å². The van der Waals surface area contributed by atoms with Crippen LogP contribution in [-0.4, -0.2) is 85.1 Å². The average molecular weight is 941 g/mol. The van der Waals surface area contributed by atoms with E-state index in [1.54, 1.807) is 29.8 Å². The average Bonchev–Trinajstić information content (AvgIpc) is 3.37. The number of aliphatic hydroxyl groups is 2. The van der Waals surface area contributed by atoms with Gasteiger partial charge in [0.15, 0.2) is 0 Å². The van der Waals surface area contributed by atoms with Crippen LogP contribution in [0.5, 0.6) is 17.2 Å². The van der Waals surface area contributed by atoms with Gasteiger partial charge in [-0.25, -0.2) is 4.79 Å². The van der Waals surface area contributed by atoms with Crippen molar-refractivity contribution in [3.8, 4) is 17.2 Å². The molecule has 68 heavy (non-hydrogen) atoms. The summed E-state index contributed by atoms with van der Waals surface area (Å²) in [4.78, 5) is 23.7. The van der Waals surface area contributed by atoms with Gasteiger partial charge < -0.3 is 38.7 Å². The summed E-state index contributed by atoms with van der Waals surface area (Å²) in [6, 6.07) is 37.4. The zero-order valence-corrected chi connectivity index (χ0v) is 40.0. The summed E-state index contributed by atoms with van der Waals surface area (Å²) < 4.78 is 33.4. The number of amides is 1. The van der Waals surface area contributed by atoms with Crippen molar-refractivity contribution in [2.75, 3.05) is 46.4 Å². The van der Waals surface area contributed by atoms with Gasteiger partial charge in [-0.15, -0.1) is 18.3 Å². The lowest BCUT2D eigenvalue weighted by Gasteiger charge is -2.59. The van der Waals surface area contributed by atoms with Crippen LogP contribution in [0.15, 0.2) is 150 Å². The van der Waals surface area contributed by atoms with E-state index in [1.807, 2.05) is 97.3 Å². The molecule has 12 heteroatoms. The highest BCUT2D eigenvalue weighted by Gasteiger charge is 2.65. The summed E-state index contributed by atoms with van der Waals surface area (Å²) in [5.41, 5.74) is 4.57. The molecule has 3 aliphatic rings. The fourth-order valence-electron chi connectivity index (χ4n) is 10.6. The van der Waals surface area contributed by atoms with Crippen molar-refractivity contribution in [1.29, 1.82) is 0 Å². The van der Waals surface area contributed by atoms with Gasteiger partial charge in [0.25, 0.3) is 0 Å². The number of aliphatic hydroxyl groups excluding tert-OH is 2. The Hall–Kier alpha value is -5.63. The van der Waals surface area contributed by atoms with E-state index in [2.05, 4.69) is 36.9 Å². The molecule has 0 unspecified atom stereocenters. The van der Waals surface area contributed by atoms with Gasteiger partial charge in [-0.2, -0.15) is 0 Å². The molecule has 0 aromatic heterocycles. The first kappa shape index (κ1) is 48.8. The zero-order chi connectivity index (χ0) is 47.3. The third kappa shape index (κ3) is 11.0. The fraction of sp³-hybridized carbons (Fsp3) is 0.393. The van der Waals surface area contributed by atoms with Crippen molar-refractivity contribution < 1.29 is 43.5 Å². The topological polar surface area (TPSA) is 129 Å². The molecule has 0 saturated heterocycles. The molecule has 1 aliphatic heterocycles. The smallest absolute Gasteiger partial charge is 0.410 e. The first-order valence-corrected chi connectivity index (χ1v) is 25.1. The summed E-state index contributed by atoms with van der Waals surface area (Å²) >= 11 is 1.67. The van der Waals surface area contributed by atoms with E-state index in [0.29, 0.717) is 42.4 Å². The van der Waals surface area contributed by atoms with Crippen molar-refractivity contribution in [2.45, 2.75) is 80.7 Å². The number of hydrogen-bond acceptors (Lipinski definition) is 11. The number of rotatable bonds is 23. The molecule has 1 saturated carbocycles. The number of benzene rings is 5. The molecule has 1 amide bonds. The van der Waals surface area contributed by atoms with Crippen molar-refractivity contribution in [3.05, 3.63) is 156 Å². The Labute approximate surface area is 404 Å². The number of allylic oxidation sites excluding steroid dienone is 1. The number of nitrogens with zero attached hydrogens (tertiary/aromatic N) is 2. The number of hydrogen-bond donors (Lipinski definition) is 2. The summed E-state index contributed by atoms with van der Waals surface area (Å²) in [7, 11) is 1.55. The molecule has 1 heterocycles. The molecule has 11 nitrogen and oxygen atoms in total.